The standard InChI is InChI=1S/C20H24N4O2/c1-2-23-9-11-24(12-10-23)20(26)18-7-3-6-17(13-18)19(25)22-15-16-5-4-8-21-14-16/h3-8,13-14H,2,9-12,15H2,1H3,(H,22,25). The van der Waals surface area contributed by atoms with Crippen molar-refractivity contribution >= 4 is 11.8 Å². The molecule has 26 heavy (non-hydrogen) atoms. The summed E-state index contributed by atoms with van der Waals surface area (Å²) in [4.78, 5) is 33.3. The Balaban J connectivity index is 1.62. The topological polar surface area (TPSA) is 65.5 Å². The van der Waals surface area contributed by atoms with Gasteiger partial charge in [0, 0.05) is 56.2 Å². The van der Waals surface area contributed by atoms with E-state index < -0.39 is 0 Å². The van der Waals surface area contributed by atoms with Crippen molar-refractivity contribution in [1.29, 1.82) is 0 Å². The lowest BCUT2D eigenvalue weighted by Gasteiger charge is -2.34. The number of amides is 2. The molecule has 2 amide bonds. The molecule has 0 atom stereocenters. The Bertz CT molecular complexity index is 755. The molecule has 1 aliphatic heterocycles. The molecule has 0 spiro atoms. The average molecular weight is 352 g/mol. The molecule has 1 aliphatic rings. The molecule has 0 unspecified atom stereocenters. The zero-order valence-corrected chi connectivity index (χ0v) is 15.0. The fourth-order valence-electron chi connectivity index (χ4n) is 3.03. The highest BCUT2D eigenvalue weighted by atomic mass is 16.2. The van der Waals surface area contributed by atoms with E-state index in [-0.39, 0.29) is 11.8 Å². The van der Waals surface area contributed by atoms with Crippen molar-refractivity contribution in [3.05, 3.63) is 65.5 Å². The van der Waals surface area contributed by atoms with Gasteiger partial charge in [0.2, 0.25) is 0 Å². The summed E-state index contributed by atoms with van der Waals surface area (Å²) in [6, 6.07) is 10.7. The second-order valence-electron chi connectivity index (χ2n) is 6.35. The van der Waals surface area contributed by atoms with Gasteiger partial charge in [0.25, 0.3) is 11.8 Å². The first kappa shape index (κ1) is 18.1. The van der Waals surface area contributed by atoms with Crippen molar-refractivity contribution in [3.8, 4) is 0 Å². The Morgan fingerprint density at radius 3 is 2.54 bits per heavy atom. The van der Waals surface area contributed by atoms with Crippen molar-refractivity contribution in [2.45, 2.75) is 13.5 Å². The van der Waals surface area contributed by atoms with Crippen LogP contribution in [0.1, 0.15) is 33.2 Å². The molecule has 3 rings (SSSR count). The number of hydrogen-bond donors (Lipinski definition) is 1. The van der Waals surface area contributed by atoms with E-state index in [4.69, 9.17) is 0 Å². The van der Waals surface area contributed by atoms with Crippen LogP contribution in [0.25, 0.3) is 0 Å². The maximum atomic E-state index is 12.7. The number of likely N-dealkylation sites (N-methyl/N-ethyl adjacent to an activating group) is 1. The van der Waals surface area contributed by atoms with Crippen LogP contribution in [0.2, 0.25) is 0 Å². The second kappa shape index (κ2) is 8.58. The third kappa shape index (κ3) is 4.46. The SMILES string of the molecule is CCN1CCN(C(=O)c2cccc(C(=O)NCc3cccnc3)c2)CC1. The van der Waals surface area contributed by atoms with Gasteiger partial charge in [0.05, 0.1) is 0 Å². The molecule has 1 fully saturated rings. The van der Waals surface area contributed by atoms with Crippen LogP contribution in [0, 0.1) is 0 Å². The van der Waals surface area contributed by atoms with E-state index in [2.05, 4.69) is 22.1 Å². The van der Waals surface area contributed by atoms with Gasteiger partial charge in [-0.05, 0) is 36.4 Å². The van der Waals surface area contributed by atoms with Gasteiger partial charge in [-0.15, -0.1) is 0 Å². The lowest BCUT2D eigenvalue weighted by molar-refractivity contribution is 0.0643. The Labute approximate surface area is 153 Å². The maximum Gasteiger partial charge on any atom is 0.253 e. The third-order valence-electron chi connectivity index (χ3n) is 4.65. The molecule has 0 aliphatic carbocycles. The highest BCUT2D eigenvalue weighted by Crippen LogP contribution is 2.11. The molecule has 6 nitrogen and oxygen atoms in total. The molecule has 1 aromatic heterocycles. The van der Waals surface area contributed by atoms with Crippen molar-refractivity contribution in [3.63, 3.8) is 0 Å². The minimum absolute atomic E-state index is 0.0114. The van der Waals surface area contributed by atoms with Gasteiger partial charge in [-0.2, -0.15) is 0 Å². The zero-order chi connectivity index (χ0) is 18.4. The number of benzene rings is 1. The van der Waals surface area contributed by atoms with Crippen LogP contribution >= 0.6 is 0 Å². The van der Waals surface area contributed by atoms with Gasteiger partial charge in [-0.1, -0.05) is 19.1 Å². The van der Waals surface area contributed by atoms with Crippen molar-refractivity contribution < 1.29 is 9.59 Å². The van der Waals surface area contributed by atoms with Gasteiger partial charge in [0.15, 0.2) is 0 Å². The van der Waals surface area contributed by atoms with Gasteiger partial charge in [0.1, 0.15) is 0 Å². The summed E-state index contributed by atoms with van der Waals surface area (Å²) in [6.45, 7) is 6.79. The Morgan fingerprint density at radius 1 is 1.08 bits per heavy atom. The molecule has 0 bridgehead atoms. The Morgan fingerprint density at radius 2 is 1.85 bits per heavy atom. The number of carbonyl (C=O) groups is 2. The molecule has 1 N–H and O–H groups in total. The third-order valence-corrected chi connectivity index (χ3v) is 4.65. The second-order valence-corrected chi connectivity index (χ2v) is 6.35. The Hall–Kier alpha value is -2.73. The zero-order valence-electron chi connectivity index (χ0n) is 15.0. The summed E-state index contributed by atoms with van der Waals surface area (Å²) >= 11 is 0. The summed E-state index contributed by atoms with van der Waals surface area (Å²) in [5.74, 6) is -0.207. The number of rotatable bonds is 5. The smallest absolute Gasteiger partial charge is 0.253 e. The van der Waals surface area contributed by atoms with Crippen molar-refractivity contribution in [1.82, 2.24) is 20.1 Å². The lowest BCUT2D eigenvalue weighted by atomic mass is 10.1. The van der Waals surface area contributed by atoms with Crippen LogP contribution in [0.3, 0.4) is 0 Å². The van der Waals surface area contributed by atoms with Crippen molar-refractivity contribution in [2.75, 3.05) is 32.7 Å². The lowest BCUT2D eigenvalue weighted by Crippen LogP contribution is -2.48. The fourth-order valence-corrected chi connectivity index (χ4v) is 3.03. The summed E-state index contributed by atoms with van der Waals surface area (Å²) in [7, 11) is 0. The van der Waals surface area contributed by atoms with Crippen molar-refractivity contribution in [2.24, 2.45) is 0 Å². The number of piperazine rings is 1. The molecule has 136 valence electrons. The van der Waals surface area contributed by atoms with E-state index in [9.17, 15) is 9.59 Å². The fraction of sp³-hybridized carbons (Fsp3) is 0.350. The van der Waals surface area contributed by atoms with E-state index in [1.54, 1.807) is 36.7 Å². The first-order valence-electron chi connectivity index (χ1n) is 8.96. The average Bonchev–Trinajstić information content (AvgIpc) is 2.72. The van der Waals surface area contributed by atoms with Gasteiger partial charge in [-0.3, -0.25) is 14.6 Å². The van der Waals surface area contributed by atoms with Crippen LogP contribution in [0.15, 0.2) is 48.8 Å². The monoisotopic (exact) mass is 352 g/mol. The van der Waals surface area contributed by atoms with E-state index in [1.807, 2.05) is 17.0 Å². The first-order chi connectivity index (χ1) is 12.7. The molecule has 1 saturated heterocycles. The molecule has 2 aromatic rings. The minimum Gasteiger partial charge on any atom is -0.348 e. The molecule has 0 radical (unpaired) electrons. The number of nitrogens with zero attached hydrogens (tertiary/aromatic N) is 3. The first-order valence-corrected chi connectivity index (χ1v) is 8.96. The van der Waals surface area contributed by atoms with Crippen LogP contribution < -0.4 is 5.32 Å². The number of aromatic nitrogens is 1. The summed E-state index contributed by atoms with van der Waals surface area (Å²) < 4.78 is 0. The predicted octanol–water partition coefficient (Wildman–Crippen LogP) is 1.79. The van der Waals surface area contributed by atoms with Crippen LogP contribution in [-0.4, -0.2) is 59.3 Å². The van der Waals surface area contributed by atoms with E-state index in [0.717, 1.165) is 38.3 Å². The summed E-state index contributed by atoms with van der Waals surface area (Å²) in [5.41, 5.74) is 1.98. The summed E-state index contributed by atoms with van der Waals surface area (Å²) in [5, 5.41) is 2.86. The van der Waals surface area contributed by atoms with Gasteiger partial charge >= 0.3 is 0 Å². The molecule has 0 saturated carbocycles. The highest BCUT2D eigenvalue weighted by Gasteiger charge is 2.21. The van der Waals surface area contributed by atoms with E-state index in [0.29, 0.717) is 17.7 Å². The normalized spacial score (nSPS) is 14.9. The number of hydrogen-bond acceptors (Lipinski definition) is 4. The molecule has 1 aromatic carbocycles. The molecule has 2 heterocycles. The maximum absolute atomic E-state index is 12.7. The number of carbonyl (C=O) groups excluding carboxylic acids is 2. The highest BCUT2D eigenvalue weighted by molar-refractivity contribution is 5.99. The van der Waals surface area contributed by atoms with E-state index in [1.165, 1.54) is 0 Å². The Kier molecular flexibility index (Phi) is 5.96. The van der Waals surface area contributed by atoms with E-state index >= 15 is 0 Å². The van der Waals surface area contributed by atoms with Crippen LogP contribution in [0.4, 0.5) is 0 Å². The number of nitrogens with one attached hydrogen (secondary N) is 1. The predicted molar refractivity (Wildman–Crippen MR) is 99.9 cm³/mol. The largest absolute Gasteiger partial charge is 0.348 e. The van der Waals surface area contributed by atoms with Crippen LogP contribution in [0.5, 0.6) is 0 Å². The molecule has 6 heteroatoms. The van der Waals surface area contributed by atoms with Crippen LogP contribution in [-0.2, 0) is 6.54 Å². The quantitative estimate of drug-likeness (QED) is 0.891. The van der Waals surface area contributed by atoms with Gasteiger partial charge < -0.3 is 15.1 Å². The van der Waals surface area contributed by atoms with Gasteiger partial charge in [-0.25, -0.2) is 0 Å². The number of pyridine rings is 1. The minimum atomic E-state index is -0.195. The summed E-state index contributed by atoms with van der Waals surface area (Å²) in [6.07, 6.45) is 3.41. The molecular formula is C20H24N4O2. The molecular weight excluding hydrogens is 328 g/mol.